The molecule has 0 bridgehead atoms. The highest BCUT2D eigenvalue weighted by Gasteiger charge is 2.24. The summed E-state index contributed by atoms with van der Waals surface area (Å²) in [6, 6.07) is 13.9. The molecule has 1 aliphatic heterocycles. The molecule has 0 aliphatic carbocycles. The molecule has 2 heterocycles. The molecular formula is C23H25N5O2S. The predicted molar refractivity (Wildman–Crippen MR) is 122 cm³/mol. The van der Waals surface area contributed by atoms with E-state index in [1.807, 2.05) is 62.2 Å². The van der Waals surface area contributed by atoms with Crippen LogP contribution < -0.4 is 10.2 Å². The Kier molecular flexibility index (Phi) is 6.08. The van der Waals surface area contributed by atoms with Crippen LogP contribution in [0.2, 0.25) is 0 Å². The summed E-state index contributed by atoms with van der Waals surface area (Å²) in [6.45, 7) is 4.70. The summed E-state index contributed by atoms with van der Waals surface area (Å²) in [5, 5.41) is 11.9. The van der Waals surface area contributed by atoms with E-state index in [-0.39, 0.29) is 24.0 Å². The predicted octanol–water partition coefficient (Wildman–Crippen LogP) is 3.29. The first-order valence-corrected chi connectivity index (χ1v) is 11.2. The molecular weight excluding hydrogens is 410 g/mol. The molecule has 1 N–H and O–H groups in total. The Balaban J connectivity index is 1.35. The maximum Gasteiger partial charge on any atom is 0.237 e. The van der Waals surface area contributed by atoms with Gasteiger partial charge in [-0.1, -0.05) is 47.7 Å². The second-order valence-electron chi connectivity index (χ2n) is 7.71. The van der Waals surface area contributed by atoms with E-state index in [0.29, 0.717) is 17.5 Å². The lowest BCUT2D eigenvalue weighted by Gasteiger charge is -2.16. The highest BCUT2D eigenvalue weighted by molar-refractivity contribution is 7.99. The molecule has 0 spiro atoms. The van der Waals surface area contributed by atoms with E-state index in [9.17, 15) is 9.59 Å². The number of para-hydroxylation sites is 1. The first-order valence-electron chi connectivity index (χ1n) is 10.2. The smallest absolute Gasteiger partial charge is 0.237 e. The number of rotatable bonds is 6. The van der Waals surface area contributed by atoms with Crippen molar-refractivity contribution in [2.24, 2.45) is 7.05 Å². The number of benzene rings is 2. The topological polar surface area (TPSA) is 80.1 Å². The first kappa shape index (κ1) is 21.1. The van der Waals surface area contributed by atoms with Gasteiger partial charge in [-0.05, 0) is 43.5 Å². The van der Waals surface area contributed by atoms with Gasteiger partial charge in [0.05, 0.1) is 12.2 Å². The number of carbonyl (C=O) groups excluding carboxylic acids is 2. The molecule has 0 unspecified atom stereocenters. The van der Waals surface area contributed by atoms with E-state index in [2.05, 4.69) is 21.6 Å². The minimum absolute atomic E-state index is 0.0482. The molecule has 2 aromatic carbocycles. The van der Waals surface area contributed by atoms with Crippen molar-refractivity contribution in [1.82, 2.24) is 14.8 Å². The quantitative estimate of drug-likeness (QED) is 0.601. The summed E-state index contributed by atoms with van der Waals surface area (Å²) < 4.78 is 1.78. The summed E-state index contributed by atoms with van der Waals surface area (Å²) in [4.78, 5) is 27.0. The molecule has 3 aromatic rings. The number of nitrogens with one attached hydrogen (secondary N) is 1. The van der Waals surface area contributed by atoms with Gasteiger partial charge in [-0.3, -0.25) is 9.59 Å². The Morgan fingerprint density at radius 1 is 1.13 bits per heavy atom. The van der Waals surface area contributed by atoms with Crippen molar-refractivity contribution in [2.45, 2.75) is 31.8 Å². The van der Waals surface area contributed by atoms with Crippen LogP contribution in [0.15, 0.2) is 47.6 Å². The van der Waals surface area contributed by atoms with Crippen molar-refractivity contribution >= 4 is 35.0 Å². The standard InChI is InChI=1S/C23H25N5O2S/c1-15-8-9-18(16(2)12-15)24-21(29)13-20-25-26-23(27(20)3)31-14-22(30)28-11-10-17-6-4-5-7-19(17)28/h4-9,12H,10-11,13-14H2,1-3H3,(H,24,29). The Morgan fingerprint density at radius 3 is 2.74 bits per heavy atom. The van der Waals surface area contributed by atoms with Crippen LogP contribution >= 0.6 is 11.8 Å². The maximum atomic E-state index is 12.7. The van der Waals surface area contributed by atoms with Crippen LogP contribution in [0.3, 0.4) is 0 Å². The molecule has 4 rings (SSSR count). The second-order valence-corrected chi connectivity index (χ2v) is 8.66. The van der Waals surface area contributed by atoms with Crippen molar-refractivity contribution < 1.29 is 9.59 Å². The average molecular weight is 436 g/mol. The fraction of sp³-hybridized carbons (Fsp3) is 0.304. The molecule has 0 radical (unpaired) electrons. The lowest BCUT2D eigenvalue weighted by Crippen LogP contribution is -2.30. The van der Waals surface area contributed by atoms with E-state index < -0.39 is 0 Å². The van der Waals surface area contributed by atoms with Crippen LogP contribution in [0.4, 0.5) is 11.4 Å². The van der Waals surface area contributed by atoms with Gasteiger partial charge in [0, 0.05) is 25.0 Å². The molecule has 0 fully saturated rings. The summed E-state index contributed by atoms with van der Waals surface area (Å²) in [5.41, 5.74) is 5.16. The van der Waals surface area contributed by atoms with Gasteiger partial charge >= 0.3 is 0 Å². The molecule has 160 valence electrons. The van der Waals surface area contributed by atoms with Crippen molar-refractivity contribution in [3.05, 3.63) is 65.0 Å². The Bertz CT molecular complexity index is 1140. The van der Waals surface area contributed by atoms with Gasteiger partial charge in [-0.15, -0.1) is 10.2 Å². The third kappa shape index (κ3) is 4.64. The minimum Gasteiger partial charge on any atom is -0.325 e. The number of hydrogen-bond acceptors (Lipinski definition) is 5. The number of aryl methyl sites for hydroxylation is 2. The first-order chi connectivity index (χ1) is 14.9. The molecule has 7 nitrogen and oxygen atoms in total. The SMILES string of the molecule is Cc1ccc(NC(=O)Cc2nnc(SCC(=O)N3CCc4ccccc43)n2C)c(C)c1. The van der Waals surface area contributed by atoms with Gasteiger partial charge in [0.1, 0.15) is 5.82 Å². The molecule has 2 amide bonds. The average Bonchev–Trinajstić information content (AvgIpc) is 3.32. The van der Waals surface area contributed by atoms with Gasteiger partial charge in [0.15, 0.2) is 5.16 Å². The third-order valence-electron chi connectivity index (χ3n) is 5.41. The molecule has 0 atom stereocenters. The van der Waals surface area contributed by atoms with Gasteiger partial charge in [0.25, 0.3) is 0 Å². The zero-order valence-electron chi connectivity index (χ0n) is 17.9. The maximum absolute atomic E-state index is 12.7. The zero-order valence-corrected chi connectivity index (χ0v) is 18.7. The molecule has 0 saturated carbocycles. The number of thioether (sulfide) groups is 1. The van der Waals surface area contributed by atoms with E-state index in [4.69, 9.17) is 0 Å². The second kappa shape index (κ2) is 8.93. The number of amides is 2. The largest absolute Gasteiger partial charge is 0.325 e. The van der Waals surface area contributed by atoms with Crippen LogP contribution in [0, 0.1) is 13.8 Å². The molecule has 1 aliphatic rings. The van der Waals surface area contributed by atoms with E-state index in [0.717, 1.165) is 28.9 Å². The highest BCUT2D eigenvalue weighted by atomic mass is 32.2. The number of fused-ring (bicyclic) bond motifs is 1. The Labute approximate surface area is 185 Å². The van der Waals surface area contributed by atoms with Crippen LogP contribution in [0.5, 0.6) is 0 Å². The van der Waals surface area contributed by atoms with E-state index in [1.165, 1.54) is 17.3 Å². The molecule has 1 aromatic heterocycles. The van der Waals surface area contributed by atoms with Gasteiger partial charge in [0.2, 0.25) is 11.8 Å². The number of nitrogens with zero attached hydrogens (tertiary/aromatic N) is 4. The normalized spacial score (nSPS) is 12.7. The van der Waals surface area contributed by atoms with Crippen molar-refractivity contribution in [3.63, 3.8) is 0 Å². The lowest BCUT2D eigenvalue weighted by atomic mass is 10.1. The van der Waals surface area contributed by atoms with Crippen LogP contribution in [0.1, 0.15) is 22.5 Å². The summed E-state index contributed by atoms with van der Waals surface area (Å²) in [6.07, 6.45) is 1.00. The van der Waals surface area contributed by atoms with Crippen molar-refractivity contribution in [2.75, 3.05) is 22.5 Å². The number of hydrogen-bond donors (Lipinski definition) is 1. The highest BCUT2D eigenvalue weighted by Crippen LogP contribution is 2.28. The number of aromatic nitrogens is 3. The number of anilines is 2. The van der Waals surface area contributed by atoms with Crippen LogP contribution in [-0.4, -0.2) is 38.9 Å². The van der Waals surface area contributed by atoms with Gasteiger partial charge in [-0.25, -0.2) is 0 Å². The van der Waals surface area contributed by atoms with Crippen LogP contribution in [-0.2, 0) is 29.5 Å². The lowest BCUT2D eigenvalue weighted by molar-refractivity contribution is -0.116. The zero-order chi connectivity index (χ0) is 22.0. The van der Waals surface area contributed by atoms with E-state index >= 15 is 0 Å². The monoisotopic (exact) mass is 435 g/mol. The minimum atomic E-state index is -0.149. The van der Waals surface area contributed by atoms with Gasteiger partial charge in [-0.2, -0.15) is 0 Å². The fourth-order valence-electron chi connectivity index (χ4n) is 3.72. The molecule has 8 heteroatoms. The van der Waals surface area contributed by atoms with Crippen LogP contribution in [0.25, 0.3) is 0 Å². The molecule has 0 saturated heterocycles. The summed E-state index contributed by atoms with van der Waals surface area (Å²) in [7, 11) is 1.82. The van der Waals surface area contributed by atoms with Gasteiger partial charge < -0.3 is 14.8 Å². The van der Waals surface area contributed by atoms with Crippen molar-refractivity contribution in [1.29, 1.82) is 0 Å². The summed E-state index contributed by atoms with van der Waals surface area (Å²) >= 11 is 1.34. The third-order valence-corrected chi connectivity index (χ3v) is 6.42. The summed E-state index contributed by atoms with van der Waals surface area (Å²) in [5.74, 6) is 0.731. The number of carbonyl (C=O) groups is 2. The van der Waals surface area contributed by atoms with Crippen molar-refractivity contribution in [3.8, 4) is 0 Å². The fourth-order valence-corrected chi connectivity index (χ4v) is 4.52. The Hall–Kier alpha value is -3.13. The Morgan fingerprint density at radius 2 is 1.94 bits per heavy atom. The van der Waals surface area contributed by atoms with E-state index in [1.54, 1.807) is 4.57 Å². The molecule has 31 heavy (non-hydrogen) atoms.